The lowest BCUT2D eigenvalue weighted by Crippen LogP contribution is -2.08. The molecule has 0 bridgehead atoms. The third-order valence-corrected chi connectivity index (χ3v) is 5.25. The standard InChI is InChI=1S/C12H16N4OS2/c13-12-14-9(6-19-12)11-15-10(16-17-11)7-18-8-4-2-1-3-5-8/h6,8H,1-5,7H2,(H2,13,14). The van der Waals surface area contributed by atoms with Gasteiger partial charge in [-0.25, -0.2) is 4.98 Å². The number of nitrogens with zero attached hydrogens (tertiary/aromatic N) is 3. The molecule has 0 amide bonds. The molecule has 102 valence electrons. The summed E-state index contributed by atoms with van der Waals surface area (Å²) in [6, 6.07) is 0. The van der Waals surface area contributed by atoms with Crippen molar-refractivity contribution in [3.63, 3.8) is 0 Å². The van der Waals surface area contributed by atoms with Gasteiger partial charge in [-0.05, 0) is 12.8 Å². The Kier molecular flexibility index (Phi) is 4.03. The Hall–Kier alpha value is -1.08. The SMILES string of the molecule is Nc1nc(-c2nc(CSC3CCCCC3)no2)cs1. The van der Waals surface area contributed by atoms with E-state index in [2.05, 4.69) is 15.1 Å². The average Bonchev–Trinajstić information content (AvgIpc) is 3.06. The van der Waals surface area contributed by atoms with Crippen LogP contribution in [-0.4, -0.2) is 20.4 Å². The number of thioether (sulfide) groups is 1. The third kappa shape index (κ3) is 3.27. The molecule has 0 aliphatic heterocycles. The molecule has 0 atom stereocenters. The molecule has 0 spiro atoms. The number of nitrogen functional groups attached to an aromatic ring is 1. The molecule has 0 unspecified atom stereocenters. The minimum Gasteiger partial charge on any atom is -0.375 e. The molecule has 0 saturated heterocycles. The van der Waals surface area contributed by atoms with E-state index in [-0.39, 0.29) is 0 Å². The first kappa shape index (κ1) is 12.9. The lowest BCUT2D eigenvalue weighted by molar-refractivity contribution is 0.424. The molecule has 3 rings (SSSR count). The van der Waals surface area contributed by atoms with Crippen molar-refractivity contribution >= 4 is 28.2 Å². The number of thiazole rings is 1. The zero-order valence-corrected chi connectivity index (χ0v) is 12.2. The average molecular weight is 296 g/mol. The van der Waals surface area contributed by atoms with Crippen LogP contribution in [0.25, 0.3) is 11.6 Å². The van der Waals surface area contributed by atoms with E-state index in [9.17, 15) is 0 Å². The molecule has 1 saturated carbocycles. The molecule has 19 heavy (non-hydrogen) atoms. The molecule has 1 aliphatic rings. The summed E-state index contributed by atoms with van der Waals surface area (Å²) in [5, 5.41) is 7.11. The molecule has 1 aliphatic carbocycles. The number of aromatic nitrogens is 3. The van der Waals surface area contributed by atoms with E-state index in [0.717, 1.165) is 16.8 Å². The highest BCUT2D eigenvalue weighted by Crippen LogP contribution is 2.30. The van der Waals surface area contributed by atoms with Crippen LogP contribution in [0.1, 0.15) is 37.9 Å². The van der Waals surface area contributed by atoms with Gasteiger partial charge in [0.05, 0.1) is 5.75 Å². The van der Waals surface area contributed by atoms with Crippen molar-refractivity contribution in [3.8, 4) is 11.6 Å². The van der Waals surface area contributed by atoms with Gasteiger partial charge in [-0.1, -0.05) is 24.4 Å². The molecule has 2 aromatic heterocycles. The van der Waals surface area contributed by atoms with Gasteiger partial charge < -0.3 is 10.3 Å². The van der Waals surface area contributed by atoms with E-state index in [4.69, 9.17) is 10.3 Å². The summed E-state index contributed by atoms with van der Waals surface area (Å²) in [6.45, 7) is 0. The van der Waals surface area contributed by atoms with Crippen LogP contribution in [-0.2, 0) is 5.75 Å². The highest BCUT2D eigenvalue weighted by molar-refractivity contribution is 7.99. The van der Waals surface area contributed by atoms with Gasteiger partial charge in [-0.2, -0.15) is 16.7 Å². The van der Waals surface area contributed by atoms with Crippen LogP contribution in [0.15, 0.2) is 9.90 Å². The minimum absolute atomic E-state index is 0.465. The smallest absolute Gasteiger partial charge is 0.277 e. The Bertz CT molecular complexity index is 533. The number of hydrogen-bond acceptors (Lipinski definition) is 7. The zero-order valence-electron chi connectivity index (χ0n) is 10.5. The monoisotopic (exact) mass is 296 g/mol. The first-order chi connectivity index (χ1) is 9.31. The van der Waals surface area contributed by atoms with Crippen molar-refractivity contribution in [2.24, 2.45) is 0 Å². The van der Waals surface area contributed by atoms with Crippen molar-refractivity contribution in [3.05, 3.63) is 11.2 Å². The normalized spacial score (nSPS) is 16.8. The number of anilines is 1. The van der Waals surface area contributed by atoms with E-state index in [1.165, 1.54) is 43.4 Å². The fourth-order valence-corrected chi connectivity index (χ4v) is 3.93. The fourth-order valence-electron chi connectivity index (χ4n) is 2.23. The Labute approximate surface area is 120 Å². The van der Waals surface area contributed by atoms with Crippen molar-refractivity contribution in [2.75, 3.05) is 5.73 Å². The van der Waals surface area contributed by atoms with Gasteiger partial charge in [0.25, 0.3) is 5.89 Å². The Morgan fingerprint density at radius 3 is 2.89 bits per heavy atom. The number of nitrogens with two attached hydrogens (primary N) is 1. The van der Waals surface area contributed by atoms with Crippen LogP contribution in [0.5, 0.6) is 0 Å². The number of rotatable bonds is 4. The topological polar surface area (TPSA) is 77.8 Å². The predicted octanol–water partition coefficient (Wildman–Crippen LogP) is 3.34. The molecule has 2 heterocycles. The molecule has 7 heteroatoms. The lowest BCUT2D eigenvalue weighted by Gasteiger charge is -2.19. The first-order valence-electron chi connectivity index (χ1n) is 6.47. The molecule has 0 radical (unpaired) electrons. The van der Waals surface area contributed by atoms with Gasteiger partial charge in [0.1, 0.15) is 5.69 Å². The molecule has 2 aromatic rings. The maximum absolute atomic E-state index is 5.59. The second-order valence-corrected chi connectivity index (χ2v) is 6.84. The Morgan fingerprint density at radius 2 is 2.16 bits per heavy atom. The van der Waals surface area contributed by atoms with Crippen LogP contribution in [0.2, 0.25) is 0 Å². The van der Waals surface area contributed by atoms with Gasteiger partial charge in [0.2, 0.25) is 0 Å². The predicted molar refractivity (Wildman–Crippen MR) is 78.0 cm³/mol. The second kappa shape index (κ2) is 5.92. The van der Waals surface area contributed by atoms with Crippen LogP contribution >= 0.6 is 23.1 Å². The summed E-state index contributed by atoms with van der Waals surface area (Å²) in [7, 11) is 0. The highest BCUT2D eigenvalue weighted by Gasteiger charge is 2.16. The van der Waals surface area contributed by atoms with E-state index >= 15 is 0 Å². The molecular formula is C12H16N4OS2. The van der Waals surface area contributed by atoms with Gasteiger partial charge in [0.15, 0.2) is 11.0 Å². The van der Waals surface area contributed by atoms with Gasteiger partial charge >= 0.3 is 0 Å². The van der Waals surface area contributed by atoms with Crippen LogP contribution in [0, 0.1) is 0 Å². The maximum Gasteiger partial charge on any atom is 0.277 e. The third-order valence-electron chi connectivity index (χ3n) is 3.21. The molecule has 0 aromatic carbocycles. The second-order valence-electron chi connectivity index (χ2n) is 4.66. The van der Waals surface area contributed by atoms with E-state index in [0.29, 0.717) is 16.7 Å². The molecule has 1 fully saturated rings. The summed E-state index contributed by atoms with van der Waals surface area (Å²) in [4.78, 5) is 8.51. The summed E-state index contributed by atoms with van der Waals surface area (Å²) in [6.07, 6.45) is 6.73. The van der Waals surface area contributed by atoms with Crippen molar-refractivity contribution in [1.29, 1.82) is 0 Å². The van der Waals surface area contributed by atoms with Crippen LogP contribution in [0.4, 0.5) is 5.13 Å². The molecule has 5 nitrogen and oxygen atoms in total. The highest BCUT2D eigenvalue weighted by atomic mass is 32.2. The van der Waals surface area contributed by atoms with Crippen LogP contribution < -0.4 is 5.73 Å². The van der Waals surface area contributed by atoms with Gasteiger partial charge in [0, 0.05) is 10.6 Å². The number of hydrogen-bond donors (Lipinski definition) is 1. The minimum atomic E-state index is 0.465. The Morgan fingerprint density at radius 1 is 1.32 bits per heavy atom. The zero-order chi connectivity index (χ0) is 13.1. The maximum atomic E-state index is 5.59. The van der Waals surface area contributed by atoms with E-state index in [1.54, 1.807) is 0 Å². The fraction of sp³-hybridized carbons (Fsp3) is 0.583. The summed E-state index contributed by atoms with van der Waals surface area (Å²) in [5.74, 6) is 2.03. The quantitative estimate of drug-likeness (QED) is 0.932. The summed E-state index contributed by atoms with van der Waals surface area (Å²) >= 11 is 3.31. The van der Waals surface area contributed by atoms with Crippen molar-refractivity contribution in [2.45, 2.75) is 43.1 Å². The van der Waals surface area contributed by atoms with Gasteiger partial charge in [-0.15, -0.1) is 11.3 Å². The lowest BCUT2D eigenvalue weighted by atomic mass is 10.0. The molecular weight excluding hydrogens is 280 g/mol. The van der Waals surface area contributed by atoms with E-state index < -0.39 is 0 Å². The van der Waals surface area contributed by atoms with Crippen molar-refractivity contribution < 1.29 is 4.52 Å². The summed E-state index contributed by atoms with van der Waals surface area (Å²) in [5.41, 5.74) is 6.26. The first-order valence-corrected chi connectivity index (χ1v) is 8.39. The van der Waals surface area contributed by atoms with Crippen LogP contribution in [0.3, 0.4) is 0 Å². The van der Waals surface area contributed by atoms with E-state index in [1.807, 2.05) is 17.1 Å². The van der Waals surface area contributed by atoms with Crippen molar-refractivity contribution in [1.82, 2.24) is 15.1 Å². The summed E-state index contributed by atoms with van der Waals surface area (Å²) < 4.78 is 5.22. The molecule has 2 N–H and O–H groups in total. The van der Waals surface area contributed by atoms with Gasteiger partial charge in [-0.3, -0.25) is 0 Å². The largest absolute Gasteiger partial charge is 0.375 e. The Balaban J connectivity index is 1.58.